The van der Waals surface area contributed by atoms with E-state index in [2.05, 4.69) is 5.32 Å². The quantitative estimate of drug-likeness (QED) is 0.759. The lowest BCUT2D eigenvalue weighted by molar-refractivity contribution is 0.145. The minimum Gasteiger partial charge on any atom is -0.307 e. The fourth-order valence-corrected chi connectivity index (χ4v) is 1.15. The van der Waals surface area contributed by atoms with Crippen LogP contribution in [0.3, 0.4) is 0 Å². The van der Waals surface area contributed by atoms with Crippen molar-refractivity contribution >= 4 is 0 Å². The first-order valence-electron chi connectivity index (χ1n) is 4.23. The molecule has 0 radical (unpaired) electrons. The normalized spacial score (nSPS) is 10.8. The largest absolute Gasteiger partial charge is 0.307 e. The van der Waals surface area contributed by atoms with Crippen LogP contribution in [0.15, 0.2) is 24.3 Å². The zero-order valence-electron chi connectivity index (χ0n) is 7.56. The zero-order valence-corrected chi connectivity index (χ0v) is 7.56. The molecule has 3 heteroatoms. The van der Waals surface area contributed by atoms with Crippen LogP contribution in [0.5, 0.6) is 0 Å². The topological polar surface area (TPSA) is 12.0 Å². The molecular weight excluding hydrogens is 172 g/mol. The summed E-state index contributed by atoms with van der Waals surface area (Å²) in [5, 5.41) is 2.68. The van der Waals surface area contributed by atoms with Crippen LogP contribution >= 0.6 is 0 Å². The summed E-state index contributed by atoms with van der Waals surface area (Å²) in [6.45, 7) is 2.25. The van der Waals surface area contributed by atoms with Crippen molar-refractivity contribution < 1.29 is 8.78 Å². The molecule has 0 heterocycles. The summed E-state index contributed by atoms with van der Waals surface area (Å²) in [4.78, 5) is 0. The summed E-state index contributed by atoms with van der Waals surface area (Å²) < 4.78 is 23.5. The van der Waals surface area contributed by atoms with Gasteiger partial charge in [-0.2, -0.15) is 0 Å². The minimum atomic E-state index is -2.27. The number of rotatable bonds is 4. The van der Waals surface area contributed by atoms with E-state index >= 15 is 0 Å². The van der Waals surface area contributed by atoms with Gasteiger partial charge in [-0.15, -0.1) is 0 Å². The predicted molar refractivity (Wildman–Crippen MR) is 48.9 cm³/mol. The van der Waals surface area contributed by atoms with Crippen molar-refractivity contribution in [1.82, 2.24) is 5.32 Å². The van der Waals surface area contributed by atoms with Crippen LogP contribution in [-0.2, 0) is 6.54 Å². The fraction of sp³-hybridized carbons (Fsp3) is 0.400. The molecule has 0 aliphatic rings. The molecule has 0 aliphatic carbocycles. The first-order chi connectivity index (χ1) is 6.18. The molecule has 1 rings (SSSR count). The summed E-state index contributed by atoms with van der Waals surface area (Å²) in [6.07, 6.45) is -2.27. The number of nitrogens with one attached hydrogen (secondary N) is 1. The van der Waals surface area contributed by atoms with Gasteiger partial charge in [0.2, 0.25) is 0 Å². The minimum absolute atomic E-state index is 0.242. The third-order valence-corrected chi connectivity index (χ3v) is 1.71. The van der Waals surface area contributed by atoms with E-state index in [0.717, 1.165) is 11.1 Å². The van der Waals surface area contributed by atoms with E-state index in [1.165, 1.54) is 0 Å². The van der Waals surface area contributed by atoms with E-state index in [1.807, 2.05) is 31.2 Å². The second-order valence-electron chi connectivity index (χ2n) is 3.01. The molecule has 1 aromatic rings. The second kappa shape index (κ2) is 4.92. The van der Waals surface area contributed by atoms with Gasteiger partial charge in [0.25, 0.3) is 6.43 Å². The summed E-state index contributed by atoms with van der Waals surface area (Å²) in [6, 6.07) is 7.81. The van der Waals surface area contributed by atoms with Crippen LogP contribution in [0.2, 0.25) is 0 Å². The Morgan fingerprint density at radius 3 is 2.77 bits per heavy atom. The summed E-state index contributed by atoms with van der Waals surface area (Å²) in [7, 11) is 0. The lowest BCUT2D eigenvalue weighted by Crippen LogP contribution is -2.20. The highest BCUT2D eigenvalue weighted by Gasteiger charge is 2.00. The lowest BCUT2D eigenvalue weighted by atomic mass is 10.1. The third-order valence-electron chi connectivity index (χ3n) is 1.71. The van der Waals surface area contributed by atoms with Gasteiger partial charge in [-0.1, -0.05) is 29.8 Å². The number of benzene rings is 1. The Hall–Kier alpha value is -0.960. The van der Waals surface area contributed by atoms with Crippen LogP contribution in [0.4, 0.5) is 8.78 Å². The van der Waals surface area contributed by atoms with Gasteiger partial charge in [0.05, 0.1) is 6.54 Å². The van der Waals surface area contributed by atoms with Crippen LogP contribution in [0.1, 0.15) is 11.1 Å². The van der Waals surface area contributed by atoms with Crippen molar-refractivity contribution in [2.75, 3.05) is 6.54 Å². The highest BCUT2D eigenvalue weighted by molar-refractivity contribution is 5.21. The molecule has 0 atom stereocenters. The van der Waals surface area contributed by atoms with Crippen molar-refractivity contribution in [3.63, 3.8) is 0 Å². The molecular formula is C10H13F2N. The Labute approximate surface area is 76.8 Å². The van der Waals surface area contributed by atoms with E-state index in [0.29, 0.717) is 6.54 Å². The summed E-state index contributed by atoms with van der Waals surface area (Å²) in [5.74, 6) is 0. The van der Waals surface area contributed by atoms with Gasteiger partial charge < -0.3 is 5.32 Å². The van der Waals surface area contributed by atoms with E-state index in [1.54, 1.807) is 0 Å². The van der Waals surface area contributed by atoms with Crippen LogP contribution in [0.25, 0.3) is 0 Å². The second-order valence-corrected chi connectivity index (χ2v) is 3.01. The van der Waals surface area contributed by atoms with Gasteiger partial charge in [0, 0.05) is 6.54 Å². The Kier molecular flexibility index (Phi) is 3.83. The molecule has 72 valence electrons. The van der Waals surface area contributed by atoms with Crippen molar-refractivity contribution in [2.45, 2.75) is 19.9 Å². The number of hydrogen-bond acceptors (Lipinski definition) is 1. The maximum Gasteiger partial charge on any atom is 0.250 e. The molecule has 0 unspecified atom stereocenters. The van der Waals surface area contributed by atoms with E-state index < -0.39 is 6.43 Å². The number of aryl methyl sites for hydroxylation is 1. The maximum absolute atomic E-state index is 11.8. The Morgan fingerprint density at radius 1 is 1.38 bits per heavy atom. The zero-order chi connectivity index (χ0) is 9.68. The highest BCUT2D eigenvalue weighted by atomic mass is 19.3. The molecule has 0 aliphatic heterocycles. The molecule has 0 fully saturated rings. The van der Waals surface area contributed by atoms with Crippen molar-refractivity contribution in [3.05, 3.63) is 35.4 Å². The molecule has 0 saturated heterocycles. The van der Waals surface area contributed by atoms with Gasteiger partial charge in [0.1, 0.15) is 0 Å². The lowest BCUT2D eigenvalue weighted by Gasteiger charge is -2.04. The highest BCUT2D eigenvalue weighted by Crippen LogP contribution is 2.03. The van der Waals surface area contributed by atoms with E-state index in [4.69, 9.17) is 0 Å². The SMILES string of the molecule is Cc1cccc(CNCC(F)F)c1. The standard InChI is InChI=1S/C10H13F2N/c1-8-3-2-4-9(5-8)6-13-7-10(11)12/h2-5,10,13H,6-7H2,1H3. The molecule has 1 aromatic carbocycles. The van der Waals surface area contributed by atoms with E-state index in [9.17, 15) is 8.78 Å². The first kappa shape index (κ1) is 10.1. The van der Waals surface area contributed by atoms with Gasteiger partial charge in [0.15, 0.2) is 0 Å². The van der Waals surface area contributed by atoms with Crippen LogP contribution in [0, 0.1) is 6.92 Å². The van der Waals surface area contributed by atoms with Crippen molar-refractivity contribution in [3.8, 4) is 0 Å². The Morgan fingerprint density at radius 2 is 2.15 bits per heavy atom. The molecule has 13 heavy (non-hydrogen) atoms. The summed E-state index contributed by atoms with van der Waals surface area (Å²) in [5.41, 5.74) is 2.19. The van der Waals surface area contributed by atoms with Crippen molar-refractivity contribution in [2.24, 2.45) is 0 Å². The van der Waals surface area contributed by atoms with Gasteiger partial charge in [-0.05, 0) is 12.5 Å². The Bertz CT molecular complexity index is 261. The number of alkyl halides is 2. The van der Waals surface area contributed by atoms with Crippen molar-refractivity contribution in [1.29, 1.82) is 0 Å². The summed E-state index contributed by atoms with van der Waals surface area (Å²) >= 11 is 0. The van der Waals surface area contributed by atoms with Gasteiger partial charge in [-0.25, -0.2) is 8.78 Å². The first-order valence-corrected chi connectivity index (χ1v) is 4.23. The third kappa shape index (κ3) is 3.99. The predicted octanol–water partition coefficient (Wildman–Crippen LogP) is 2.35. The molecule has 0 saturated carbocycles. The average Bonchev–Trinajstić information content (AvgIpc) is 2.03. The van der Waals surface area contributed by atoms with Gasteiger partial charge in [-0.3, -0.25) is 0 Å². The molecule has 0 spiro atoms. The smallest absolute Gasteiger partial charge is 0.250 e. The van der Waals surface area contributed by atoms with Crippen LogP contribution < -0.4 is 5.32 Å². The monoisotopic (exact) mass is 185 g/mol. The molecule has 0 amide bonds. The fourth-order valence-electron chi connectivity index (χ4n) is 1.15. The Balaban J connectivity index is 2.37. The number of hydrogen-bond donors (Lipinski definition) is 1. The molecule has 0 bridgehead atoms. The molecule has 1 N–H and O–H groups in total. The number of halogens is 2. The molecule has 1 nitrogen and oxygen atoms in total. The average molecular weight is 185 g/mol. The van der Waals surface area contributed by atoms with E-state index in [-0.39, 0.29) is 6.54 Å². The maximum atomic E-state index is 11.8. The van der Waals surface area contributed by atoms with Crippen LogP contribution in [-0.4, -0.2) is 13.0 Å². The van der Waals surface area contributed by atoms with Gasteiger partial charge >= 0.3 is 0 Å². The molecule has 0 aromatic heterocycles.